The molecular formula is C17H24N4O2S. The molecule has 2 rings (SSSR count). The summed E-state index contributed by atoms with van der Waals surface area (Å²) < 4.78 is 7.41. The van der Waals surface area contributed by atoms with E-state index in [9.17, 15) is 4.79 Å². The number of hydrogen-bond acceptors (Lipinski definition) is 5. The molecule has 0 saturated heterocycles. The fraction of sp³-hybridized carbons (Fsp3) is 0.471. The number of carbonyl (C=O) groups is 1. The number of aromatic nitrogens is 3. The molecule has 0 aliphatic carbocycles. The van der Waals surface area contributed by atoms with Crippen molar-refractivity contribution in [3.63, 3.8) is 0 Å². The molecule has 2 aromatic rings. The number of nitrogens with one attached hydrogen (secondary N) is 1. The van der Waals surface area contributed by atoms with Crippen LogP contribution in [0.2, 0.25) is 0 Å². The van der Waals surface area contributed by atoms with E-state index in [0.717, 1.165) is 36.6 Å². The Hall–Kier alpha value is -2.02. The molecule has 1 aromatic carbocycles. The Morgan fingerprint density at radius 2 is 2.00 bits per heavy atom. The first kappa shape index (κ1) is 18.3. The molecule has 0 aliphatic rings. The van der Waals surface area contributed by atoms with Crippen molar-refractivity contribution < 1.29 is 9.53 Å². The molecule has 0 fully saturated rings. The van der Waals surface area contributed by atoms with Crippen molar-refractivity contribution in [2.75, 3.05) is 18.9 Å². The van der Waals surface area contributed by atoms with Gasteiger partial charge in [0.25, 0.3) is 0 Å². The molecule has 7 heteroatoms. The topological polar surface area (TPSA) is 69.0 Å². The van der Waals surface area contributed by atoms with E-state index in [0.29, 0.717) is 17.5 Å². The highest BCUT2D eigenvalue weighted by molar-refractivity contribution is 7.99. The van der Waals surface area contributed by atoms with Crippen LogP contribution in [0.4, 0.5) is 0 Å². The highest BCUT2D eigenvalue weighted by Crippen LogP contribution is 2.23. The molecule has 6 nitrogen and oxygen atoms in total. The van der Waals surface area contributed by atoms with Gasteiger partial charge in [-0.15, -0.1) is 10.2 Å². The van der Waals surface area contributed by atoms with E-state index in [2.05, 4.69) is 22.4 Å². The minimum Gasteiger partial charge on any atom is -0.494 e. The molecule has 1 aromatic heterocycles. The van der Waals surface area contributed by atoms with Crippen LogP contribution < -0.4 is 10.1 Å². The monoisotopic (exact) mass is 348 g/mol. The Kier molecular flexibility index (Phi) is 7.11. The Balaban J connectivity index is 2.04. The molecule has 0 spiro atoms. The summed E-state index contributed by atoms with van der Waals surface area (Å²) in [5, 5.41) is 11.9. The maximum atomic E-state index is 11.9. The molecule has 0 radical (unpaired) electrons. The van der Waals surface area contributed by atoms with Gasteiger partial charge in [0.2, 0.25) is 5.91 Å². The summed E-state index contributed by atoms with van der Waals surface area (Å²) in [6, 6.07) is 7.77. The number of thioether (sulfide) groups is 1. The number of amides is 1. The van der Waals surface area contributed by atoms with Gasteiger partial charge in [0.15, 0.2) is 5.16 Å². The van der Waals surface area contributed by atoms with Crippen molar-refractivity contribution in [3.8, 4) is 11.4 Å². The number of hydrogen-bond donors (Lipinski definition) is 1. The second-order valence-electron chi connectivity index (χ2n) is 5.28. The lowest BCUT2D eigenvalue weighted by Crippen LogP contribution is -2.26. The molecule has 1 heterocycles. The minimum absolute atomic E-state index is 0.0207. The molecular weight excluding hydrogens is 324 g/mol. The third-order valence-corrected chi connectivity index (χ3v) is 4.31. The third-order valence-electron chi connectivity index (χ3n) is 3.39. The summed E-state index contributed by atoms with van der Waals surface area (Å²) in [6.07, 6.45) is 2.07. The van der Waals surface area contributed by atoms with Crippen molar-refractivity contribution in [1.82, 2.24) is 20.1 Å². The van der Waals surface area contributed by atoms with Gasteiger partial charge in [-0.05, 0) is 44.5 Å². The second kappa shape index (κ2) is 9.32. The van der Waals surface area contributed by atoms with Crippen LogP contribution in [0.1, 0.15) is 32.5 Å². The van der Waals surface area contributed by atoms with Crippen LogP contribution in [0.25, 0.3) is 5.69 Å². The van der Waals surface area contributed by atoms with Crippen molar-refractivity contribution >= 4 is 17.7 Å². The van der Waals surface area contributed by atoms with Gasteiger partial charge >= 0.3 is 0 Å². The molecule has 24 heavy (non-hydrogen) atoms. The van der Waals surface area contributed by atoms with Gasteiger partial charge < -0.3 is 10.1 Å². The Morgan fingerprint density at radius 1 is 1.25 bits per heavy atom. The highest BCUT2D eigenvalue weighted by atomic mass is 32.2. The smallest absolute Gasteiger partial charge is 0.230 e. The predicted octanol–water partition coefficient (Wildman–Crippen LogP) is 2.98. The van der Waals surface area contributed by atoms with Crippen LogP contribution in [0.5, 0.6) is 5.75 Å². The molecule has 0 aliphatic heterocycles. The number of aryl methyl sites for hydroxylation is 1. The summed E-state index contributed by atoms with van der Waals surface area (Å²) >= 11 is 1.39. The first-order valence-electron chi connectivity index (χ1n) is 8.20. The zero-order chi connectivity index (χ0) is 17.4. The minimum atomic E-state index is 0.0207. The first-order chi connectivity index (χ1) is 11.7. The van der Waals surface area contributed by atoms with Gasteiger partial charge in [-0.25, -0.2) is 0 Å². The van der Waals surface area contributed by atoms with Crippen molar-refractivity contribution in [2.24, 2.45) is 0 Å². The number of nitrogens with zero attached hydrogens (tertiary/aromatic N) is 3. The average molecular weight is 348 g/mol. The van der Waals surface area contributed by atoms with Gasteiger partial charge in [0.1, 0.15) is 11.6 Å². The van der Waals surface area contributed by atoms with E-state index in [-0.39, 0.29) is 5.91 Å². The van der Waals surface area contributed by atoms with Gasteiger partial charge in [0, 0.05) is 12.2 Å². The molecule has 0 unspecified atom stereocenters. The predicted molar refractivity (Wildman–Crippen MR) is 95.9 cm³/mol. The maximum absolute atomic E-state index is 11.9. The van der Waals surface area contributed by atoms with E-state index in [1.54, 1.807) is 0 Å². The summed E-state index contributed by atoms with van der Waals surface area (Å²) in [5.41, 5.74) is 0.954. The number of benzene rings is 1. The Labute approximate surface area is 147 Å². The first-order valence-corrected chi connectivity index (χ1v) is 9.19. The van der Waals surface area contributed by atoms with Crippen LogP contribution >= 0.6 is 11.8 Å². The fourth-order valence-electron chi connectivity index (χ4n) is 2.18. The lowest BCUT2D eigenvalue weighted by molar-refractivity contribution is -0.118. The summed E-state index contributed by atoms with van der Waals surface area (Å²) in [4.78, 5) is 11.9. The van der Waals surface area contributed by atoms with Gasteiger partial charge in [-0.3, -0.25) is 9.36 Å². The maximum Gasteiger partial charge on any atom is 0.230 e. The zero-order valence-corrected chi connectivity index (χ0v) is 15.2. The number of carbonyl (C=O) groups excluding carboxylic acids is 1. The Bertz CT molecular complexity index is 655. The van der Waals surface area contributed by atoms with Gasteiger partial charge in [0.05, 0.1) is 12.4 Å². The number of ether oxygens (including phenoxy) is 1. The van der Waals surface area contributed by atoms with Crippen molar-refractivity contribution in [2.45, 2.75) is 38.8 Å². The van der Waals surface area contributed by atoms with Crippen molar-refractivity contribution in [1.29, 1.82) is 0 Å². The largest absolute Gasteiger partial charge is 0.494 e. The van der Waals surface area contributed by atoms with Crippen LogP contribution in [-0.4, -0.2) is 39.6 Å². The second-order valence-corrected chi connectivity index (χ2v) is 6.23. The van der Waals surface area contributed by atoms with E-state index in [1.165, 1.54) is 11.8 Å². The standard InChI is InChI=1S/C17H24N4O2S/c1-4-6-11-18-16(22)12-24-17-20-19-13(3)21(17)14-7-9-15(10-8-14)23-5-2/h7-10H,4-6,11-12H2,1-3H3,(H,18,22). The Morgan fingerprint density at radius 3 is 2.67 bits per heavy atom. The van der Waals surface area contributed by atoms with Crippen molar-refractivity contribution in [3.05, 3.63) is 30.1 Å². The molecule has 1 amide bonds. The van der Waals surface area contributed by atoms with Crippen LogP contribution in [-0.2, 0) is 4.79 Å². The van der Waals surface area contributed by atoms with E-state index in [1.807, 2.05) is 42.7 Å². The average Bonchev–Trinajstić information content (AvgIpc) is 2.95. The normalized spacial score (nSPS) is 10.6. The zero-order valence-electron chi connectivity index (χ0n) is 14.4. The third kappa shape index (κ3) is 4.99. The van der Waals surface area contributed by atoms with Gasteiger partial charge in [-0.2, -0.15) is 0 Å². The van der Waals surface area contributed by atoms with Crippen LogP contribution in [0, 0.1) is 6.92 Å². The lowest BCUT2D eigenvalue weighted by atomic mass is 10.3. The van der Waals surface area contributed by atoms with E-state index >= 15 is 0 Å². The molecule has 0 saturated carbocycles. The number of rotatable bonds is 9. The molecule has 130 valence electrons. The summed E-state index contributed by atoms with van der Waals surface area (Å²) in [5.74, 6) is 1.97. The van der Waals surface area contributed by atoms with E-state index < -0.39 is 0 Å². The quantitative estimate of drug-likeness (QED) is 0.557. The summed E-state index contributed by atoms with van der Waals surface area (Å²) in [6.45, 7) is 7.32. The molecule has 0 bridgehead atoms. The van der Waals surface area contributed by atoms with Gasteiger partial charge in [-0.1, -0.05) is 25.1 Å². The van der Waals surface area contributed by atoms with Crippen LogP contribution in [0.15, 0.2) is 29.4 Å². The molecule has 0 atom stereocenters. The van der Waals surface area contributed by atoms with Crippen LogP contribution in [0.3, 0.4) is 0 Å². The SMILES string of the molecule is CCCCNC(=O)CSc1nnc(C)n1-c1ccc(OCC)cc1. The fourth-order valence-corrected chi connectivity index (χ4v) is 3.00. The van der Waals surface area contributed by atoms with E-state index in [4.69, 9.17) is 4.74 Å². The number of unbranched alkanes of at least 4 members (excludes halogenated alkanes) is 1. The molecule has 1 N–H and O–H groups in total. The lowest BCUT2D eigenvalue weighted by Gasteiger charge is -2.10. The summed E-state index contributed by atoms with van der Waals surface area (Å²) in [7, 11) is 0. The highest BCUT2D eigenvalue weighted by Gasteiger charge is 2.13.